The summed E-state index contributed by atoms with van der Waals surface area (Å²) in [6.45, 7) is 5.20. The summed E-state index contributed by atoms with van der Waals surface area (Å²) >= 11 is 0. The molecule has 1 amide bonds. The second kappa shape index (κ2) is 17.0. The van der Waals surface area contributed by atoms with Crippen LogP contribution in [0.15, 0.2) is 48.6 Å². The Labute approximate surface area is 171 Å². The van der Waals surface area contributed by atoms with Crippen LogP contribution >= 0.6 is 0 Å². The highest BCUT2D eigenvalue weighted by atomic mass is 16.4. The Morgan fingerprint density at radius 3 is 1.71 bits per heavy atom. The van der Waals surface area contributed by atoms with Gasteiger partial charge in [0.25, 0.3) is 0 Å². The Morgan fingerprint density at radius 1 is 0.786 bits per heavy atom. The maximum Gasteiger partial charge on any atom is 0.328 e. The summed E-state index contributed by atoms with van der Waals surface area (Å²) in [6, 6.07) is 0. The summed E-state index contributed by atoms with van der Waals surface area (Å²) in [6.07, 6.45) is 27.2. The molecule has 0 unspecified atom stereocenters. The van der Waals surface area contributed by atoms with E-state index in [0.717, 1.165) is 32.1 Å². The molecule has 0 aliphatic rings. The summed E-state index contributed by atoms with van der Waals surface area (Å²) < 4.78 is 0. The van der Waals surface area contributed by atoms with Gasteiger partial charge in [-0.25, -0.2) is 4.79 Å². The predicted molar refractivity (Wildman–Crippen MR) is 118 cm³/mol. The van der Waals surface area contributed by atoms with E-state index in [4.69, 9.17) is 5.11 Å². The lowest BCUT2D eigenvalue weighted by atomic mass is 10.1. The second-order valence-corrected chi connectivity index (χ2v) is 7.46. The minimum Gasteiger partial charge on any atom is -0.480 e. The summed E-state index contributed by atoms with van der Waals surface area (Å²) in [5.74, 6) is -1.25. The lowest BCUT2D eigenvalue weighted by molar-refractivity contribution is -0.146. The normalized spacial score (nSPS) is 12.7. The zero-order chi connectivity index (χ0) is 21.1. The van der Waals surface area contributed by atoms with Crippen LogP contribution in [-0.2, 0) is 9.59 Å². The van der Waals surface area contributed by atoms with Gasteiger partial charge in [0.05, 0.1) is 0 Å². The van der Waals surface area contributed by atoms with E-state index < -0.39 is 11.5 Å². The molecule has 0 rings (SSSR count). The molecule has 0 aromatic carbocycles. The molecule has 0 aliphatic heterocycles. The number of allylic oxidation sites excluding steroid dienone is 8. The molecule has 0 saturated heterocycles. The first-order valence-electron chi connectivity index (χ1n) is 10.5. The van der Waals surface area contributed by atoms with E-state index in [1.165, 1.54) is 39.5 Å². The van der Waals surface area contributed by atoms with Crippen molar-refractivity contribution in [3.8, 4) is 0 Å². The molecular formula is C24H39NO3. The van der Waals surface area contributed by atoms with Crippen LogP contribution in [0.4, 0.5) is 0 Å². The molecule has 158 valence electrons. The summed E-state index contributed by atoms with van der Waals surface area (Å²) in [5, 5.41) is 11.5. The average Bonchev–Trinajstić information content (AvgIpc) is 2.63. The molecule has 0 heterocycles. The molecule has 28 heavy (non-hydrogen) atoms. The smallest absolute Gasteiger partial charge is 0.328 e. The molecule has 0 aliphatic carbocycles. The topological polar surface area (TPSA) is 66.4 Å². The fraction of sp³-hybridized carbons (Fsp3) is 0.583. The predicted octanol–water partition coefficient (Wildman–Crippen LogP) is 6.11. The number of aliphatic carboxylic acids is 1. The number of carboxylic acids is 1. The largest absolute Gasteiger partial charge is 0.480 e. The Kier molecular flexibility index (Phi) is 15.8. The van der Waals surface area contributed by atoms with E-state index in [1.54, 1.807) is 0 Å². The van der Waals surface area contributed by atoms with Gasteiger partial charge in [-0.15, -0.1) is 0 Å². The van der Waals surface area contributed by atoms with E-state index in [-0.39, 0.29) is 5.91 Å². The number of carbonyl (C=O) groups is 2. The lowest BCUT2D eigenvalue weighted by Crippen LogP contribution is -2.49. The van der Waals surface area contributed by atoms with Gasteiger partial charge < -0.3 is 10.4 Å². The Bertz CT molecular complexity index is 542. The molecule has 4 nitrogen and oxygen atoms in total. The van der Waals surface area contributed by atoms with E-state index in [2.05, 4.69) is 60.8 Å². The molecule has 0 saturated carbocycles. The maximum atomic E-state index is 11.7. The van der Waals surface area contributed by atoms with Crippen LogP contribution in [0.25, 0.3) is 0 Å². The van der Waals surface area contributed by atoms with Crippen LogP contribution in [0.2, 0.25) is 0 Å². The van der Waals surface area contributed by atoms with E-state index in [1.807, 2.05) is 0 Å². The SMILES string of the molecule is CCCCCC=CCC=CCC=CCC=CCCCC(=O)NC(C)(C)C(=O)O. The van der Waals surface area contributed by atoms with Crippen LogP contribution in [0.5, 0.6) is 0 Å². The highest BCUT2D eigenvalue weighted by Gasteiger charge is 2.28. The highest BCUT2D eigenvalue weighted by Crippen LogP contribution is 2.05. The Morgan fingerprint density at radius 2 is 1.25 bits per heavy atom. The van der Waals surface area contributed by atoms with Gasteiger partial charge in [-0.1, -0.05) is 68.4 Å². The quantitative estimate of drug-likeness (QED) is 0.247. The molecule has 0 atom stereocenters. The van der Waals surface area contributed by atoms with Gasteiger partial charge in [0.15, 0.2) is 0 Å². The number of rotatable bonds is 16. The first kappa shape index (κ1) is 25.9. The minimum atomic E-state index is -1.21. The number of carbonyl (C=O) groups excluding carboxylic acids is 1. The van der Waals surface area contributed by atoms with Crippen molar-refractivity contribution >= 4 is 11.9 Å². The first-order valence-corrected chi connectivity index (χ1v) is 10.5. The standard InChI is InChI=1S/C24H39NO3/c1-4-5-6-7-8-9-10-11-12-13-14-15-16-17-18-19-20-21-22(26)25-24(2,3)23(27)28/h8-9,11-12,14-15,17-18H,4-7,10,13,16,19-21H2,1-3H3,(H,25,26)(H,27,28). The molecule has 0 bridgehead atoms. The van der Waals surface area contributed by atoms with Crippen molar-refractivity contribution in [2.45, 2.75) is 90.5 Å². The minimum absolute atomic E-state index is 0.219. The van der Waals surface area contributed by atoms with Crippen LogP contribution in [0.3, 0.4) is 0 Å². The molecule has 0 spiro atoms. The van der Waals surface area contributed by atoms with E-state index >= 15 is 0 Å². The van der Waals surface area contributed by atoms with Crippen LogP contribution in [0, 0.1) is 0 Å². The zero-order valence-electron chi connectivity index (χ0n) is 18.0. The molecule has 0 aromatic heterocycles. The lowest BCUT2D eigenvalue weighted by Gasteiger charge is -2.20. The van der Waals surface area contributed by atoms with E-state index in [0.29, 0.717) is 6.42 Å². The number of carboxylic acid groups (broad SMARTS) is 1. The van der Waals surface area contributed by atoms with Crippen molar-refractivity contribution in [2.75, 3.05) is 0 Å². The van der Waals surface area contributed by atoms with Crippen molar-refractivity contribution in [3.63, 3.8) is 0 Å². The van der Waals surface area contributed by atoms with Crippen molar-refractivity contribution in [1.82, 2.24) is 5.32 Å². The number of unbranched alkanes of at least 4 members (excludes halogenated alkanes) is 4. The zero-order valence-corrected chi connectivity index (χ0v) is 18.0. The monoisotopic (exact) mass is 389 g/mol. The van der Waals surface area contributed by atoms with Gasteiger partial charge in [0.2, 0.25) is 5.91 Å². The Balaban J connectivity index is 3.65. The molecule has 2 N–H and O–H groups in total. The third-order valence-corrected chi connectivity index (χ3v) is 4.22. The molecule has 0 radical (unpaired) electrons. The third kappa shape index (κ3) is 16.1. The first-order chi connectivity index (χ1) is 13.4. The summed E-state index contributed by atoms with van der Waals surface area (Å²) in [4.78, 5) is 22.7. The van der Waals surface area contributed by atoms with E-state index in [9.17, 15) is 9.59 Å². The van der Waals surface area contributed by atoms with Gasteiger partial charge in [0.1, 0.15) is 5.54 Å². The molecule has 4 heteroatoms. The average molecular weight is 390 g/mol. The summed E-state index contributed by atoms with van der Waals surface area (Å²) in [5.41, 5.74) is -1.21. The number of hydrogen-bond acceptors (Lipinski definition) is 2. The summed E-state index contributed by atoms with van der Waals surface area (Å²) in [7, 11) is 0. The number of amides is 1. The van der Waals surface area contributed by atoms with Crippen molar-refractivity contribution < 1.29 is 14.7 Å². The highest BCUT2D eigenvalue weighted by molar-refractivity contribution is 5.86. The molecule has 0 aromatic rings. The van der Waals surface area contributed by atoms with Gasteiger partial charge in [-0.3, -0.25) is 4.79 Å². The van der Waals surface area contributed by atoms with Crippen molar-refractivity contribution in [1.29, 1.82) is 0 Å². The van der Waals surface area contributed by atoms with Crippen molar-refractivity contribution in [3.05, 3.63) is 48.6 Å². The fourth-order valence-electron chi connectivity index (χ4n) is 2.41. The molecular weight excluding hydrogens is 350 g/mol. The van der Waals surface area contributed by atoms with Crippen LogP contribution in [-0.4, -0.2) is 22.5 Å². The second-order valence-electron chi connectivity index (χ2n) is 7.46. The van der Waals surface area contributed by atoms with Crippen LogP contribution in [0.1, 0.15) is 85.0 Å². The Hall–Kier alpha value is -2.10. The van der Waals surface area contributed by atoms with Gasteiger partial charge in [0, 0.05) is 6.42 Å². The van der Waals surface area contributed by atoms with Gasteiger partial charge in [-0.05, 0) is 58.8 Å². The van der Waals surface area contributed by atoms with Gasteiger partial charge >= 0.3 is 5.97 Å². The number of hydrogen-bond donors (Lipinski definition) is 2. The fourth-order valence-corrected chi connectivity index (χ4v) is 2.41. The molecule has 0 fully saturated rings. The van der Waals surface area contributed by atoms with Crippen molar-refractivity contribution in [2.24, 2.45) is 0 Å². The maximum absolute atomic E-state index is 11.7. The van der Waals surface area contributed by atoms with Crippen LogP contribution < -0.4 is 5.32 Å². The third-order valence-electron chi connectivity index (χ3n) is 4.22. The van der Waals surface area contributed by atoms with Gasteiger partial charge in [-0.2, -0.15) is 0 Å². The number of nitrogens with one attached hydrogen (secondary N) is 1.